The average Bonchev–Trinajstić information content (AvgIpc) is 2.95. The summed E-state index contributed by atoms with van der Waals surface area (Å²) < 4.78 is 12.5. The Kier molecular flexibility index (Phi) is 8.07. The summed E-state index contributed by atoms with van der Waals surface area (Å²) in [5.74, 6) is 1.01. The van der Waals surface area contributed by atoms with Crippen LogP contribution in [0.15, 0.2) is 41.3 Å². The molecule has 8 heteroatoms. The highest BCUT2D eigenvalue weighted by molar-refractivity contribution is 14.1. The van der Waals surface area contributed by atoms with Gasteiger partial charge in [-0.3, -0.25) is 14.5 Å². The fourth-order valence-corrected chi connectivity index (χ4v) is 4.72. The molecule has 2 aromatic carbocycles. The van der Waals surface area contributed by atoms with Crippen LogP contribution in [0.3, 0.4) is 0 Å². The molecule has 158 valence electrons. The largest absolute Gasteiger partial charge is 0.490 e. The molecule has 0 atom stereocenters. The Hall–Kier alpha value is -1.71. The van der Waals surface area contributed by atoms with Crippen LogP contribution in [0.25, 0.3) is 6.08 Å². The van der Waals surface area contributed by atoms with Gasteiger partial charge in [0.15, 0.2) is 11.5 Å². The molecule has 1 saturated heterocycles. The Bertz CT molecular complexity index is 995. The third-order valence-corrected chi connectivity index (χ3v) is 6.13. The van der Waals surface area contributed by atoms with Crippen LogP contribution in [-0.2, 0) is 11.3 Å². The molecule has 0 spiro atoms. The molecule has 1 heterocycles. The van der Waals surface area contributed by atoms with Gasteiger partial charge in [0.05, 0.1) is 28.2 Å². The fraction of sp³-hybridized carbons (Fsp3) is 0.273. The van der Waals surface area contributed by atoms with E-state index in [0.717, 1.165) is 32.9 Å². The predicted octanol–water partition coefficient (Wildman–Crippen LogP) is 6.37. The van der Waals surface area contributed by atoms with Crippen molar-refractivity contribution >= 4 is 63.2 Å². The van der Waals surface area contributed by atoms with Crippen LogP contribution in [-0.4, -0.2) is 29.3 Å². The lowest BCUT2D eigenvalue weighted by Crippen LogP contribution is -2.27. The average molecular weight is 558 g/mol. The first-order valence-electron chi connectivity index (χ1n) is 9.51. The maximum absolute atomic E-state index is 12.8. The summed E-state index contributed by atoms with van der Waals surface area (Å²) in [7, 11) is 0. The van der Waals surface area contributed by atoms with E-state index in [1.807, 2.05) is 32.0 Å². The van der Waals surface area contributed by atoms with Gasteiger partial charge in [0.2, 0.25) is 0 Å². The van der Waals surface area contributed by atoms with Gasteiger partial charge in [-0.25, -0.2) is 0 Å². The number of rotatable bonds is 8. The molecule has 0 aromatic heterocycles. The number of hydrogen-bond donors (Lipinski definition) is 0. The van der Waals surface area contributed by atoms with E-state index in [1.165, 1.54) is 4.90 Å². The molecule has 0 bridgehead atoms. The maximum atomic E-state index is 12.8. The molecule has 0 unspecified atom stereocenters. The van der Waals surface area contributed by atoms with Gasteiger partial charge in [-0.2, -0.15) is 0 Å². The Morgan fingerprint density at radius 2 is 1.97 bits per heavy atom. The Morgan fingerprint density at radius 1 is 1.17 bits per heavy atom. The van der Waals surface area contributed by atoms with E-state index < -0.39 is 0 Å². The van der Waals surface area contributed by atoms with E-state index in [4.69, 9.17) is 21.1 Å². The summed E-state index contributed by atoms with van der Waals surface area (Å²) in [4.78, 5) is 26.9. The maximum Gasteiger partial charge on any atom is 0.293 e. The van der Waals surface area contributed by atoms with Crippen LogP contribution >= 0.6 is 46.0 Å². The molecule has 0 aliphatic carbocycles. The Balaban J connectivity index is 1.85. The molecular formula is C22H21ClINO4S. The molecular weight excluding hydrogens is 537 g/mol. The molecule has 0 saturated carbocycles. The van der Waals surface area contributed by atoms with Crippen molar-refractivity contribution in [2.75, 3.05) is 13.2 Å². The van der Waals surface area contributed by atoms with E-state index in [0.29, 0.717) is 34.6 Å². The summed E-state index contributed by atoms with van der Waals surface area (Å²) in [6, 6.07) is 10.9. The van der Waals surface area contributed by atoms with Gasteiger partial charge in [-0.15, -0.1) is 0 Å². The van der Waals surface area contributed by atoms with Crippen LogP contribution in [0.4, 0.5) is 4.79 Å². The summed E-state index contributed by atoms with van der Waals surface area (Å²) in [6.07, 6.45) is 2.61. The zero-order valence-electron chi connectivity index (χ0n) is 16.6. The molecule has 5 nitrogen and oxygen atoms in total. The van der Waals surface area contributed by atoms with E-state index in [9.17, 15) is 9.59 Å². The molecule has 3 rings (SSSR count). The highest BCUT2D eigenvalue weighted by Gasteiger charge is 2.35. The number of thioether (sulfide) groups is 1. The highest BCUT2D eigenvalue weighted by Crippen LogP contribution is 2.38. The van der Waals surface area contributed by atoms with Crippen molar-refractivity contribution in [2.24, 2.45) is 0 Å². The highest BCUT2D eigenvalue weighted by atomic mass is 127. The normalized spacial score (nSPS) is 15.2. The lowest BCUT2D eigenvalue weighted by molar-refractivity contribution is -0.123. The van der Waals surface area contributed by atoms with E-state index in [1.54, 1.807) is 24.3 Å². The molecule has 2 amide bonds. The van der Waals surface area contributed by atoms with Crippen molar-refractivity contribution in [3.05, 3.63) is 61.0 Å². The monoisotopic (exact) mass is 557 g/mol. The van der Waals surface area contributed by atoms with Gasteiger partial charge in [0, 0.05) is 5.02 Å². The molecule has 1 aliphatic rings. The second kappa shape index (κ2) is 10.5. The number of ether oxygens (including phenoxy) is 2. The van der Waals surface area contributed by atoms with Crippen molar-refractivity contribution in [2.45, 2.75) is 26.8 Å². The minimum atomic E-state index is -0.316. The van der Waals surface area contributed by atoms with Crippen LogP contribution in [0.1, 0.15) is 31.4 Å². The topological polar surface area (TPSA) is 55.8 Å². The molecule has 1 aliphatic heterocycles. The van der Waals surface area contributed by atoms with E-state index >= 15 is 0 Å². The third kappa shape index (κ3) is 5.50. The van der Waals surface area contributed by atoms with Crippen LogP contribution < -0.4 is 9.47 Å². The standard InChI is InChI=1S/C22H21ClINO4S/c1-3-8-29-20-17(24)10-15(11-18(20)28-4-2)12-19-21(26)25(22(27)30-19)13-14-6-5-7-16(23)9-14/h5-7,9-12H,3-4,8,13H2,1-2H3/b19-12-. The first-order valence-corrected chi connectivity index (χ1v) is 11.8. The third-order valence-electron chi connectivity index (χ3n) is 4.18. The summed E-state index contributed by atoms with van der Waals surface area (Å²) in [5, 5.41) is 0.271. The number of halogens is 2. The smallest absolute Gasteiger partial charge is 0.293 e. The van der Waals surface area contributed by atoms with Crippen molar-refractivity contribution < 1.29 is 19.1 Å². The molecule has 0 N–H and O–H groups in total. The second-order valence-corrected chi connectivity index (χ2v) is 9.10. The summed E-state index contributed by atoms with van der Waals surface area (Å²) >= 11 is 9.14. The lowest BCUT2D eigenvalue weighted by Gasteiger charge is -2.14. The zero-order valence-corrected chi connectivity index (χ0v) is 20.3. The number of carbonyl (C=O) groups excluding carboxylic acids is 2. The second-order valence-electron chi connectivity index (χ2n) is 6.51. The minimum absolute atomic E-state index is 0.189. The van der Waals surface area contributed by atoms with Crippen molar-refractivity contribution in [3.63, 3.8) is 0 Å². The number of nitrogens with zero attached hydrogens (tertiary/aromatic N) is 1. The van der Waals surface area contributed by atoms with Crippen molar-refractivity contribution in [1.82, 2.24) is 4.90 Å². The summed E-state index contributed by atoms with van der Waals surface area (Å²) in [5.41, 5.74) is 1.58. The molecule has 0 radical (unpaired) electrons. The van der Waals surface area contributed by atoms with Gasteiger partial charge in [0.1, 0.15) is 0 Å². The Morgan fingerprint density at radius 3 is 2.67 bits per heavy atom. The zero-order chi connectivity index (χ0) is 21.7. The number of amides is 2. The Labute approximate surface area is 198 Å². The summed E-state index contributed by atoms with van der Waals surface area (Å²) in [6.45, 7) is 5.23. The number of hydrogen-bond acceptors (Lipinski definition) is 5. The van der Waals surface area contributed by atoms with Gasteiger partial charge >= 0.3 is 0 Å². The van der Waals surface area contributed by atoms with Crippen molar-refractivity contribution in [3.8, 4) is 11.5 Å². The van der Waals surface area contributed by atoms with E-state index in [-0.39, 0.29) is 17.7 Å². The van der Waals surface area contributed by atoms with Gasteiger partial charge in [-0.05, 0) is 89.2 Å². The quantitative estimate of drug-likeness (QED) is 0.279. The first-order chi connectivity index (χ1) is 14.4. The SMILES string of the molecule is CCCOc1c(I)cc(/C=C2\SC(=O)N(Cc3cccc(Cl)c3)C2=O)cc1OCC. The van der Waals surface area contributed by atoms with Crippen LogP contribution in [0.2, 0.25) is 5.02 Å². The first kappa shape index (κ1) is 23.0. The van der Waals surface area contributed by atoms with Gasteiger partial charge in [-0.1, -0.05) is 30.7 Å². The molecule has 1 fully saturated rings. The predicted molar refractivity (Wildman–Crippen MR) is 129 cm³/mol. The van der Waals surface area contributed by atoms with E-state index in [2.05, 4.69) is 22.6 Å². The van der Waals surface area contributed by atoms with Crippen molar-refractivity contribution in [1.29, 1.82) is 0 Å². The van der Waals surface area contributed by atoms with Crippen LogP contribution in [0, 0.1) is 3.57 Å². The molecule has 2 aromatic rings. The van der Waals surface area contributed by atoms with Gasteiger partial charge in [0.25, 0.3) is 11.1 Å². The number of imide groups is 1. The van der Waals surface area contributed by atoms with Crippen LogP contribution in [0.5, 0.6) is 11.5 Å². The number of benzene rings is 2. The molecule has 30 heavy (non-hydrogen) atoms. The van der Waals surface area contributed by atoms with Gasteiger partial charge < -0.3 is 9.47 Å². The fourth-order valence-electron chi connectivity index (χ4n) is 2.88. The minimum Gasteiger partial charge on any atom is -0.490 e. The lowest BCUT2D eigenvalue weighted by atomic mass is 10.1. The number of carbonyl (C=O) groups is 2.